The van der Waals surface area contributed by atoms with Crippen LogP contribution in [0.2, 0.25) is 0 Å². The second-order valence-electron chi connectivity index (χ2n) is 5.14. The van der Waals surface area contributed by atoms with Crippen LogP contribution in [0, 0.1) is 5.92 Å². The highest BCUT2D eigenvalue weighted by atomic mass is 32.1. The zero-order valence-electron chi connectivity index (χ0n) is 11.4. The SMILES string of the molecule is O=C(NCCc1nccs1)N[C@H](C1CCCC1)C(F)(F)F. The molecule has 118 valence electrons. The fourth-order valence-corrected chi connectivity index (χ4v) is 3.23. The number of hydrogen-bond donors (Lipinski definition) is 2. The molecule has 0 bridgehead atoms. The first-order chi connectivity index (χ1) is 9.97. The van der Waals surface area contributed by atoms with E-state index in [0.717, 1.165) is 17.8 Å². The number of alkyl halides is 3. The lowest BCUT2D eigenvalue weighted by molar-refractivity contribution is -0.164. The average molecular weight is 321 g/mol. The van der Waals surface area contributed by atoms with Gasteiger partial charge in [-0.3, -0.25) is 0 Å². The number of carbonyl (C=O) groups is 1. The van der Waals surface area contributed by atoms with Crippen LogP contribution in [0.5, 0.6) is 0 Å². The zero-order chi connectivity index (χ0) is 15.3. The van der Waals surface area contributed by atoms with E-state index in [0.29, 0.717) is 19.3 Å². The van der Waals surface area contributed by atoms with E-state index >= 15 is 0 Å². The van der Waals surface area contributed by atoms with Crippen LogP contribution in [0.1, 0.15) is 30.7 Å². The van der Waals surface area contributed by atoms with Crippen molar-refractivity contribution in [2.75, 3.05) is 6.54 Å². The van der Waals surface area contributed by atoms with Gasteiger partial charge in [0, 0.05) is 24.5 Å². The Hall–Kier alpha value is -1.31. The van der Waals surface area contributed by atoms with Gasteiger partial charge in [-0.15, -0.1) is 11.3 Å². The smallest absolute Gasteiger partial charge is 0.338 e. The predicted molar refractivity (Wildman–Crippen MR) is 74.2 cm³/mol. The summed E-state index contributed by atoms with van der Waals surface area (Å²) in [5.41, 5.74) is 0. The monoisotopic (exact) mass is 321 g/mol. The third-order valence-electron chi connectivity index (χ3n) is 3.62. The van der Waals surface area contributed by atoms with Crippen LogP contribution < -0.4 is 10.6 Å². The van der Waals surface area contributed by atoms with Gasteiger partial charge in [-0.25, -0.2) is 9.78 Å². The largest absolute Gasteiger partial charge is 0.408 e. The molecular formula is C13H18F3N3OS. The molecule has 1 aliphatic rings. The molecule has 0 unspecified atom stereocenters. The Morgan fingerprint density at radius 1 is 1.43 bits per heavy atom. The van der Waals surface area contributed by atoms with E-state index < -0.39 is 24.2 Å². The van der Waals surface area contributed by atoms with E-state index in [4.69, 9.17) is 0 Å². The Morgan fingerprint density at radius 2 is 2.14 bits per heavy atom. The van der Waals surface area contributed by atoms with E-state index in [2.05, 4.69) is 15.6 Å². The summed E-state index contributed by atoms with van der Waals surface area (Å²) < 4.78 is 39.1. The summed E-state index contributed by atoms with van der Waals surface area (Å²) in [4.78, 5) is 15.7. The molecule has 4 nitrogen and oxygen atoms in total. The lowest BCUT2D eigenvalue weighted by Crippen LogP contribution is -2.52. The van der Waals surface area contributed by atoms with Crippen molar-refractivity contribution in [1.82, 2.24) is 15.6 Å². The predicted octanol–water partition coefficient (Wildman–Crippen LogP) is 3.11. The molecular weight excluding hydrogens is 303 g/mol. The molecule has 2 N–H and O–H groups in total. The van der Waals surface area contributed by atoms with Crippen LogP contribution in [-0.4, -0.2) is 29.8 Å². The minimum atomic E-state index is -4.40. The molecule has 0 radical (unpaired) electrons. The van der Waals surface area contributed by atoms with Crippen LogP contribution in [0.25, 0.3) is 0 Å². The number of thiazole rings is 1. The molecule has 1 fully saturated rings. The topological polar surface area (TPSA) is 54.0 Å². The van der Waals surface area contributed by atoms with Gasteiger partial charge >= 0.3 is 12.2 Å². The van der Waals surface area contributed by atoms with Gasteiger partial charge in [0.05, 0.1) is 5.01 Å². The molecule has 1 heterocycles. The lowest BCUT2D eigenvalue weighted by Gasteiger charge is -2.27. The molecule has 0 spiro atoms. The van der Waals surface area contributed by atoms with Crippen molar-refractivity contribution in [2.24, 2.45) is 5.92 Å². The highest BCUT2D eigenvalue weighted by molar-refractivity contribution is 7.09. The van der Waals surface area contributed by atoms with Crippen molar-refractivity contribution in [3.63, 3.8) is 0 Å². The number of hydrogen-bond acceptors (Lipinski definition) is 3. The number of urea groups is 1. The quantitative estimate of drug-likeness (QED) is 0.875. The highest BCUT2D eigenvalue weighted by Crippen LogP contribution is 2.35. The third kappa shape index (κ3) is 4.87. The van der Waals surface area contributed by atoms with Crippen molar-refractivity contribution in [2.45, 2.75) is 44.3 Å². The molecule has 0 aromatic carbocycles. The molecule has 21 heavy (non-hydrogen) atoms. The minimum Gasteiger partial charge on any atom is -0.338 e. The van der Waals surface area contributed by atoms with Crippen LogP contribution in [0.3, 0.4) is 0 Å². The standard InChI is InChI=1S/C13H18F3N3OS/c14-13(15,16)11(9-3-1-2-4-9)19-12(20)18-6-5-10-17-7-8-21-10/h7-9,11H,1-6H2,(H2,18,19,20)/t11-/m1/s1. The summed E-state index contributed by atoms with van der Waals surface area (Å²) in [6, 6.07) is -2.51. The van der Waals surface area contributed by atoms with E-state index in [-0.39, 0.29) is 6.54 Å². The number of amides is 2. The first-order valence-electron chi connectivity index (χ1n) is 6.96. The van der Waals surface area contributed by atoms with Gasteiger partial charge in [0.1, 0.15) is 6.04 Å². The molecule has 1 atom stereocenters. The molecule has 2 amide bonds. The first-order valence-corrected chi connectivity index (χ1v) is 7.84. The number of halogens is 3. The van der Waals surface area contributed by atoms with Gasteiger partial charge in [0.15, 0.2) is 0 Å². The highest BCUT2D eigenvalue weighted by Gasteiger charge is 2.46. The van der Waals surface area contributed by atoms with Crippen molar-refractivity contribution < 1.29 is 18.0 Å². The summed E-state index contributed by atoms with van der Waals surface area (Å²) in [7, 11) is 0. The van der Waals surface area contributed by atoms with E-state index in [1.165, 1.54) is 11.3 Å². The Bertz CT molecular complexity index is 444. The van der Waals surface area contributed by atoms with E-state index in [1.54, 1.807) is 6.20 Å². The van der Waals surface area contributed by atoms with Gasteiger partial charge in [-0.2, -0.15) is 13.2 Å². The maximum atomic E-state index is 13.0. The zero-order valence-corrected chi connectivity index (χ0v) is 12.3. The second-order valence-corrected chi connectivity index (χ2v) is 6.12. The number of rotatable bonds is 5. The summed E-state index contributed by atoms with van der Waals surface area (Å²) >= 11 is 1.45. The first kappa shape index (κ1) is 16.1. The van der Waals surface area contributed by atoms with E-state index in [9.17, 15) is 18.0 Å². The van der Waals surface area contributed by atoms with Crippen LogP contribution in [0.4, 0.5) is 18.0 Å². The molecule has 0 saturated heterocycles. The number of aromatic nitrogens is 1. The molecule has 1 aliphatic carbocycles. The van der Waals surface area contributed by atoms with Gasteiger partial charge in [-0.05, 0) is 18.8 Å². The van der Waals surface area contributed by atoms with Crippen LogP contribution in [0.15, 0.2) is 11.6 Å². The van der Waals surface area contributed by atoms with Gasteiger partial charge in [0.25, 0.3) is 0 Å². The van der Waals surface area contributed by atoms with Gasteiger partial charge in [0.2, 0.25) is 0 Å². The van der Waals surface area contributed by atoms with Crippen LogP contribution in [-0.2, 0) is 6.42 Å². The number of nitrogens with zero attached hydrogens (tertiary/aromatic N) is 1. The fraction of sp³-hybridized carbons (Fsp3) is 0.692. The van der Waals surface area contributed by atoms with E-state index in [1.807, 2.05) is 5.38 Å². The van der Waals surface area contributed by atoms with Gasteiger partial charge in [-0.1, -0.05) is 12.8 Å². The molecule has 1 saturated carbocycles. The number of nitrogens with one attached hydrogen (secondary N) is 2. The van der Waals surface area contributed by atoms with Crippen molar-refractivity contribution in [1.29, 1.82) is 0 Å². The molecule has 1 aromatic heterocycles. The summed E-state index contributed by atoms with van der Waals surface area (Å²) in [5, 5.41) is 7.21. The minimum absolute atomic E-state index is 0.272. The van der Waals surface area contributed by atoms with Crippen LogP contribution >= 0.6 is 11.3 Å². The van der Waals surface area contributed by atoms with Crippen molar-refractivity contribution in [3.05, 3.63) is 16.6 Å². The molecule has 2 rings (SSSR count). The van der Waals surface area contributed by atoms with Crippen molar-refractivity contribution >= 4 is 17.4 Å². The molecule has 0 aliphatic heterocycles. The Kier molecular flexibility index (Phi) is 5.44. The Morgan fingerprint density at radius 3 is 2.71 bits per heavy atom. The maximum Gasteiger partial charge on any atom is 0.408 e. The van der Waals surface area contributed by atoms with Crippen molar-refractivity contribution in [3.8, 4) is 0 Å². The third-order valence-corrected chi connectivity index (χ3v) is 4.46. The summed E-state index contributed by atoms with van der Waals surface area (Å²) in [6.45, 7) is 0.272. The Balaban J connectivity index is 1.80. The number of carbonyl (C=O) groups excluding carboxylic acids is 1. The van der Waals surface area contributed by atoms with Gasteiger partial charge < -0.3 is 10.6 Å². The Labute approximate surface area is 125 Å². The second kappa shape index (κ2) is 7.11. The maximum absolute atomic E-state index is 13.0. The molecule has 1 aromatic rings. The molecule has 8 heteroatoms. The fourth-order valence-electron chi connectivity index (χ4n) is 2.61. The average Bonchev–Trinajstić information content (AvgIpc) is 3.07. The lowest BCUT2D eigenvalue weighted by atomic mass is 9.98. The summed E-state index contributed by atoms with van der Waals surface area (Å²) in [5.74, 6) is -0.505. The normalized spacial score (nSPS) is 17.7. The summed E-state index contributed by atoms with van der Waals surface area (Å²) in [6.07, 6.45) is 0.398.